The first-order valence-electron chi connectivity index (χ1n) is 6.55. The van der Waals surface area contributed by atoms with Gasteiger partial charge in [-0.25, -0.2) is 9.18 Å². The van der Waals surface area contributed by atoms with Crippen molar-refractivity contribution < 1.29 is 13.9 Å². The Kier molecular flexibility index (Phi) is 4.54. The maximum absolute atomic E-state index is 13.3. The highest BCUT2D eigenvalue weighted by molar-refractivity contribution is 6.35. The predicted molar refractivity (Wildman–Crippen MR) is 81.6 cm³/mol. The smallest absolute Gasteiger partial charge is 0.410 e. The molecule has 7 heteroatoms. The standard InChI is InChI=1S/C14H17Cl2FN2O2/c1-14(2,3)21-13(20)19-6-9(7-19)18-8-4-10(15)12(17)11(16)5-8/h4-5,9,18H,6-7H2,1-3H3. The van der Waals surface area contributed by atoms with Gasteiger partial charge in [-0.15, -0.1) is 0 Å². The number of carbonyl (C=O) groups is 1. The molecule has 1 aliphatic rings. The number of likely N-dealkylation sites (tertiary alicyclic amines) is 1. The van der Waals surface area contributed by atoms with Crippen LogP contribution in [-0.2, 0) is 4.74 Å². The third-order valence-electron chi connectivity index (χ3n) is 2.89. The molecule has 0 atom stereocenters. The van der Waals surface area contributed by atoms with Crippen LogP contribution in [0.3, 0.4) is 0 Å². The first kappa shape index (κ1) is 16.2. The van der Waals surface area contributed by atoms with Crippen molar-refractivity contribution in [3.05, 3.63) is 28.0 Å². The minimum Gasteiger partial charge on any atom is -0.444 e. The summed E-state index contributed by atoms with van der Waals surface area (Å²) < 4.78 is 18.6. The summed E-state index contributed by atoms with van der Waals surface area (Å²) in [5.41, 5.74) is 0.119. The summed E-state index contributed by atoms with van der Waals surface area (Å²) in [4.78, 5) is 13.4. The highest BCUT2D eigenvalue weighted by atomic mass is 35.5. The summed E-state index contributed by atoms with van der Waals surface area (Å²) in [7, 11) is 0. The van der Waals surface area contributed by atoms with Crippen LogP contribution in [0, 0.1) is 5.82 Å². The highest BCUT2D eigenvalue weighted by Crippen LogP contribution is 2.28. The zero-order valence-corrected chi connectivity index (χ0v) is 13.6. The topological polar surface area (TPSA) is 41.6 Å². The molecule has 1 heterocycles. The number of anilines is 1. The molecule has 0 bridgehead atoms. The van der Waals surface area contributed by atoms with Gasteiger partial charge >= 0.3 is 6.09 Å². The summed E-state index contributed by atoms with van der Waals surface area (Å²) in [6.07, 6.45) is -0.337. The van der Waals surface area contributed by atoms with Gasteiger partial charge in [-0.1, -0.05) is 23.2 Å². The van der Waals surface area contributed by atoms with Crippen LogP contribution in [-0.4, -0.2) is 35.7 Å². The van der Waals surface area contributed by atoms with E-state index >= 15 is 0 Å². The van der Waals surface area contributed by atoms with Crippen molar-refractivity contribution in [2.24, 2.45) is 0 Å². The van der Waals surface area contributed by atoms with E-state index in [4.69, 9.17) is 27.9 Å². The van der Waals surface area contributed by atoms with Crippen molar-refractivity contribution in [1.82, 2.24) is 4.90 Å². The fourth-order valence-electron chi connectivity index (χ4n) is 1.92. The molecule has 1 saturated heterocycles. The lowest BCUT2D eigenvalue weighted by molar-refractivity contribution is 0.0105. The van der Waals surface area contributed by atoms with Gasteiger partial charge in [0.1, 0.15) is 5.60 Å². The summed E-state index contributed by atoms with van der Waals surface area (Å²) in [6, 6.07) is 3.01. The second-order valence-corrected chi connectivity index (χ2v) is 6.79. The van der Waals surface area contributed by atoms with E-state index in [9.17, 15) is 9.18 Å². The molecule has 0 unspecified atom stereocenters. The number of hydrogen-bond acceptors (Lipinski definition) is 3. The number of ether oxygens (including phenoxy) is 1. The van der Waals surface area contributed by atoms with Crippen molar-refractivity contribution in [3.63, 3.8) is 0 Å². The van der Waals surface area contributed by atoms with Crippen molar-refractivity contribution >= 4 is 35.0 Å². The van der Waals surface area contributed by atoms with Gasteiger partial charge in [0, 0.05) is 18.8 Å². The molecule has 21 heavy (non-hydrogen) atoms. The van der Waals surface area contributed by atoms with Gasteiger partial charge in [-0.2, -0.15) is 0 Å². The molecule has 116 valence electrons. The average molecular weight is 335 g/mol. The monoisotopic (exact) mass is 334 g/mol. The number of nitrogens with zero attached hydrogens (tertiary/aromatic N) is 1. The van der Waals surface area contributed by atoms with Crippen molar-refractivity contribution in [1.29, 1.82) is 0 Å². The minimum absolute atomic E-state index is 0.0340. The second kappa shape index (κ2) is 5.89. The lowest BCUT2D eigenvalue weighted by Gasteiger charge is -2.40. The van der Waals surface area contributed by atoms with Crippen LogP contribution in [0.15, 0.2) is 12.1 Å². The van der Waals surface area contributed by atoms with Gasteiger partial charge in [-0.05, 0) is 32.9 Å². The number of rotatable bonds is 2. The first-order chi connectivity index (χ1) is 9.65. The molecule has 2 rings (SSSR count). The fourth-order valence-corrected chi connectivity index (χ4v) is 2.41. The Morgan fingerprint density at radius 2 is 1.86 bits per heavy atom. The van der Waals surface area contributed by atoms with Crippen molar-refractivity contribution in [3.8, 4) is 0 Å². The van der Waals surface area contributed by atoms with E-state index in [1.54, 1.807) is 4.90 Å². The maximum atomic E-state index is 13.3. The molecule has 1 aromatic carbocycles. The molecule has 0 radical (unpaired) electrons. The Balaban J connectivity index is 1.87. The Bertz CT molecular complexity index is 531. The van der Waals surface area contributed by atoms with Crippen molar-refractivity contribution in [2.45, 2.75) is 32.4 Å². The highest BCUT2D eigenvalue weighted by Gasteiger charge is 2.33. The zero-order valence-electron chi connectivity index (χ0n) is 12.0. The molecular formula is C14H17Cl2FN2O2. The summed E-state index contributed by atoms with van der Waals surface area (Å²) in [5.74, 6) is -0.632. The number of carbonyl (C=O) groups excluding carboxylic acids is 1. The molecule has 1 aliphatic heterocycles. The predicted octanol–water partition coefficient (Wildman–Crippen LogP) is 4.16. The molecule has 0 saturated carbocycles. The Morgan fingerprint density at radius 3 is 2.33 bits per heavy atom. The number of nitrogens with one attached hydrogen (secondary N) is 1. The third kappa shape index (κ3) is 4.14. The van der Waals surface area contributed by atoms with Crippen LogP contribution in [0.5, 0.6) is 0 Å². The molecular weight excluding hydrogens is 318 g/mol. The molecule has 4 nitrogen and oxygen atoms in total. The third-order valence-corrected chi connectivity index (χ3v) is 3.44. The van der Waals surface area contributed by atoms with E-state index < -0.39 is 11.4 Å². The largest absolute Gasteiger partial charge is 0.444 e. The van der Waals surface area contributed by atoms with Gasteiger partial charge in [0.15, 0.2) is 5.82 Å². The van der Waals surface area contributed by atoms with Crippen LogP contribution in [0.4, 0.5) is 14.9 Å². The summed E-state index contributed by atoms with van der Waals surface area (Å²) >= 11 is 11.5. The quantitative estimate of drug-likeness (QED) is 0.825. The Hall–Kier alpha value is -1.20. The lowest BCUT2D eigenvalue weighted by Crippen LogP contribution is -2.57. The number of hydrogen-bond donors (Lipinski definition) is 1. The van der Waals surface area contributed by atoms with Gasteiger partial charge in [0.25, 0.3) is 0 Å². The van der Waals surface area contributed by atoms with Gasteiger partial charge in [0.05, 0.1) is 16.1 Å². The molecule has 1 amide bonds. The number of amides is 1. The van der Waals surface area contributed by atoms with E-state index in [1.165, 1.54) is 12.1 Å². The molecule has 0 aromatic heterocycles. The summed E-state index contributed by atoms with van der Waals surface area (Å²) in [6.45, 7) is 6.50. The van der Waals surface area contributed by atoms with Crippen LogP contribution >= 0.6 is 23.2 Å². The van der Waals surface area contributed by atoms with Crippen LogP contribution in [0.1, 0.15) is 20.8 Å². The van der Waals surface area contributed by atoms with Crippen LogP contribution in [0.25, 0.3) is 0 Å². The van der Waals surface area contributed by atoms with Crippen LogP contribution in [0.2, 0.25) is 10.0 Å². The van der Waals surface area contributed by atoms with Gasteiger partial charge in [0.2, 0.25) is 0 Å². The van der Waals surface area contributed by atoms with E-state index in [0.717, 1.165) is 0 Å². The molecule has 0 aliphatic carbocycles. The molecule has 1 N–H and O–H groups in total. The van der Waals surface area contributed by atoms with E-state index in [2.05, 4.69) is 5.32 Å². The molecule has 0 spiro atoms. The average Bonchev–Trinajstić information content (AvgIpc) is 2.27. The second-order valence-electron chi connectivity index (χ2n) is 5.98. The van der Waals surface area contributed by atoms with E-state index in [0.29, 0.717) is 18.8 Å². The number of halogens is 3. The maximum Gasteiger partial charge on any atom is 0.410 e. The molecule has 1 fully saturated rings. The summed E-state index contributed by atoms with van der Waals surface area (Å²) in [5, 5.41) is 3.08. The van der Waals surface area contributed by atoms with Crippen LogP contribution < -0.4 is 5.32 Å². The minimum atomic E-state index is -0.632. The Morgan fingerprint density at radius 1 is 1.33 bits per heavy atom. The normalized spacial score (nSPS) is 15.6. The van der Waals surface area contributed by atoms with Gasteiger partial charge in [-0.3, -0.25) is 0 Å². The molecule has 1 aromatic rings. The van der Waals surface area contributed by atoms with E-state index in [1.807, 2.05) is 20.8 Å². The van der Waals surface area contributed by atoms with Crippen molar-refractivity contribution in [2.75, 3.05) is 18.4 Å². The lowest BCUT2D eigenvalue weighted by atomic mass is 10.1. The SMILES string of the molecule is CC(C)(C)OC(=O)N1CC(Nc2cc(Cl)c(F)c(Cl)c2)C1. The van der Waals surface area contributed by atoms with E-state index in [-0.39, 0.29) is 22.2 Å². The Labute approximate surface area is 133 Å². The first-order valence-corrected chi connectivity index (χ1v) is 7.30. The number of benzene rings is 1. The fraction of sp³-hybridized carbons (Fsp3) is 0.500. The van der Waals surface area contributed by atoms with Gasteiger partial charge < -0.3 is 15.0 Å². The zero-order chi connectivity index (χ0) is 15.8.